The molecule has 3 aromatic rings. The third-order valence-corrected chi connectivity index (χ3v) is 4.18. The smallest absolute Gasteiger partial charge is 0.262 e. The van der Waals surface area contributed by atoms with Crippen LogP contribution in [0.2, 0.25) is 0 Å². The van der Waals surface area contributed by atoms with E-state index >= 15 is 0 Å². The number of nitrogens with zero attached hydrogens (tertiary/aromatic N) is 4. The molecule has 0 unspecified atom stereocenters. The third kappa shape index (κ3) is 4.47. The number of allylic oxidation sites excluding steroid dienone is 1. The quantitative estimate of drug-likeness (QED) is 0.314. The van der Waals surface area contributed by atoms with Crippen molar-refractivity contribution < 1.29 is 4.74 Å². The summed E-state index contributed by atoms with van der Waals surface area (Å²) < 4.78 is 7.48. The van der Waals surface area contributed by atoms with Crippen LogP contribution in [0.5, 0.6) is 5.75 Å². The largest absolute Gasteiger partial charge is 0.494 e. The minimum Gasteiger partial charge on any atom is -0.494 e. The molecule has 0 aliphatic carbocycles. The Hall–Kier alpha value is -3.83. The second-order valence-corrected chi connectivity index (χ2v) is 6.19. The molecular formula is C23H20N4O. The van der Waals surface area contributed by atoms with Gasteiger partial charge in [-0.3, -0.25) is 0 Å². The number of hydrogen-bond acceptors (Lipinski definition) is 3. The van der Waals surface area contributed by atoms with Gasteiger partial charge >= 0.3 is 0 Å². The highest BCUT2D eigenvalue weighted by atomic mass is 16.5. The molecule has 5 nitrogen and oxygen atoms in total. The fraction of sp³-hybridized carbons (Fsp3) is 0.174. The third-order valence-electron chi connectivity index (χ3n) is 4.18. The predicted molar refractivity (Wildman–Crippen MR) is 110 cm³/mol. The van der Waals surface area contributed by atoms with Gasteiger partial charge in [0.2, 0.25) is 0 Å². The van der Waals surface area contributed by atoms with Crippen molar-refractivity contribution in [1.29, 1.82) is 5.26 Å². The molecule has 1 aromatic heterocycles. The molecule has 0 spiro atoms. The number of rotatable bonds is 7. The monoisotopic (exact) mass is 368 g/mol. The standard InChI is InChI=1S/C23H20N4O/c1-3-4-14-28-22-12-10-18(11-13-22)23-19(15-20(16-24)25-2)17-27(26-23)21-8-6-5-7-9-21/h5-13,15,17H,3-4,14H2,1H3/b20-15+. The van der Waals surface area contributed by atoms with Crippen molar-refractivity contribution in [2.45, 2.75) is 19.8 Å². The van der Waals surface area contributed by atoms with E-state index in [0.717, 1.165) is 35.4 Å². The van der Waals surface area contributed by atoms with Crippen LogP contribution in [0.25, 0.3) is 27.9 Å². The van der Waals surface area contributed by atoms with E-state index in [0.29, 0.717) is 12.3 Å². The van der Waals surface area contributed by atoms with Crippen molar-refractivity contribution in [2.24, 2.45) is 0 Å². The van der Waals surface area contributed by atoms with Gasteiger partial charge in [-0.1, -0.05) is 31.5 Å². The SMILES string of the molecule is [C-]#[N+]/C(C#N)=C/c1cn(-c2ccccc2)nc1-c1ccc(OCCCC)cc1. The van der Waals surface area contributed by atoms with E-state index < -0.39 is 0 Å². The lowest BCUT2D eigenvalue weighted by Gasteiger charge is -2.06. The summed E-state index contributed by atoms with van der Waals surface area (Å²) >= 11 is 0. The summed E-state index contributed by atoms with van der Waals surface area (Å²) in [6.07, 6.45) is 5.51. The van der Waals surface area contributed by atoms with Crippen LogP contribution in [0.1, 0.15) is 25.3 Å². The van der Waals surface area contributed by atoms with Gasteiger partial charge in [-0.25, -0.2) is 14.8 Å². The predicted octanol–water partition coefficient (Wildman–Crippen LogP) is 5.50. The Morgan fingerprint density at radius 3 is 2.61 bits per heavy atom. The first-order valence-corrected chi connectivity index (χ1v) is 9.12. The number of benzene rings is 2. The fourth-order valence-electron chi connectivity index (χ4n) is 2.71. The minimum atomic E-state index is 0.0216. The highest BCUT2D eigenvalue weighted by molar-refractivity contribution is 5.75. The number of ether oxygens (including phenoxy) is 1. The van der Waals surface area contributed by atoms with Gasteiger partial charge < -0.3 is 4.74 Å². The van der Waals surface area contributed by atoms with Crippen molar-refractivity contribution >= 4 is 6.08 Å². The molecule has 0 fully saturated rings. The molecule has 138 valence electrons. The average molecular weight is 368 g/mol. The molecule has 0 radical (unpaired) electrons. The summed E-state index contributed by atoms with van der Waals surface area (Å²) in [7, 11) is 0. The molecule has 0 aliphatic heterocycles. The Morgan fingerprint density at radius 2 is 1.96 bits per heavy atom. The zero-order valence-electron chi connectivity index (χ0n) is 15.7. The first-order valence-electron chi connectivity index (χ1n) is 9.12. The molecule has 0 aliphatic rings. The zero-order chi connectivity index (χ0) is 19.8. The van der Waals surface area contributed by atoms with Crippen LogP contribution in [-0.4, -0.2) is 16.4 Å². The van der Waals surface area contributed by atoms with E-state index in [9.17, 15) is 0 Å². The molecule has 3 rings (SSSR count). The Kier molecular flexibility index (Phi) is 6.23. The molecule has 5 heteroatoms. The van der Waals surface area contributed by atoms with Crippen molar-refractivity contribution in [1.82, 2.24) is 9.78 Å². The normalized spacial score (nSPS) is 10.9. The molecule has 0 saturated carbocycles. The van der Waals surface area contributed by atoms with Gasteiger partial charge in [-0.05, 0) is 48.9 Å². The molecule has 0 saturated heterocycles. The van der Waals surface area contributed by atoms with E-state index in [1.807, 2.05) is 66.9 Å². The molecule has 0 atom stereocenters. The van der Waals surface area contributed by atoms with Crippen LogP contribution in [0.3, 0.4) is 0 Å². The van der Waals surface area contributed by atoms with Crippen molar-refractivity contribution in [3.63, 3.8) is 0 Å². The van der Waals surface area contributed by atoms with Gasteiger partial charge in [-0.15, -0.1) is 0 Å². The summed E-state index contributed by atoms with van der Waals surface area (Å²) in [5, 5.41) is 13.8. The maximum Gasteiger partial charge on any atom is 0.262 e. The molecular weight excluding hydrogens is 348 g/mol. The van der Waals surface area contributed by atoms with E-state index in [2.05, 4.69) is 11.8 Å². The van der Waals surface area contributed by atoms with Crippen molar-refractivity contribution in [3.8, 4) is 28.8 Å². The lowest BCUT2D eigenvalue weighted by atomic mass is 10.1. The number of hydrogen-bond donors (Lipinski definition) is 0. The lowest BCUT2D eigenvalue weighted by molar-refractivity contribution is 0.309. The summed E-state index contributed by atoms with van der Waals surface area (Å²) in [4.78, 5) is 3.27. The van der Waals surface area contributed by atoms with E-state index in [-0.39, 0.29) is 5.70 Å². The molecule has 0 bridgehead atoms. The summed E-state index contributed by atoms with van der Waals surface area (Å²) in [5.41, 5.74) is 3.25. The number of aromatic nitrogens is 2. The van der Waals surface area contributed by atoms with Crippen LogP contribution >= 0.6 is 0 Å². The van der Waals surface area contributed by atoms with Crippen LogP contribution in [0.15, 0.2) is 66.5 Å². The molecule has 28 heavy (non-hydrogen) atoms. The topological polar surface area (TPSA) is 55.2 Å². The average Bonchev–Trinajstić information content (AvgIpc) is 3.17. The Balaban J connectivity index is 1.99. The highest BCUT2D eigenvalue weighted by Crippen LogP contribution is 2.27. The van der Waals surface area contributed by atoms with Gasteiger partial charge in [0.05, 0.1) is 30.6 Å². The number of para-hydroxylation sites is 1. The van der Waals surface area contributed by atoms with Crippen LogP contribution < -0.4 is 4.74 Å². The minimum absolute atomic E-state index is 0.0216. The molecule has 2 aromatic carbocycles. The second-order valence-electron chi connectivity index (χ2n) is 6.19. The lowest BCUT2D eigenvalue weighted by Crippen LogP contribution is -1.96. The van der Waals surface area contributed by atoms with Gasteiger partial charge in [0.1, 0.15) is 5.75 Å². The summed E-state index contributed by atoms with van der Waals surface area (Å²) in [6, 6.07) is 19.4. The van der Waals surface area contributed by atoms with Gasteiger partial charge in [-0.2, -0.15) is 5.10 Å². The van der Waals surface area contributed by atoms with Crippen molar-refractivity contribution in [2.75, 3.05) is 6.61 Å². The van der Waals surface area contributed by atoms with Crippen LogP contribution in [0, 0.1) is 17.9 Å². The highest BCUT2D eigenvalue weighted by Gasteiger charge is 2.12. The first kappa shape index (κ1) is 18.9. The van der Waals surface area contributed by atoms with Gasteiger partial charge in [0.15, 0.2) is 0 Å². The van der Waals surface area contributed by atoms with E-state index in [1.54, 1.807) is 10.8 Å². The van der Waals surface area contributed by atoms with Crippen LogP contribution in [-0.2, 0) is 0 Å². The Bertz CT molecular complexity index is 1020. The van der Waals surface area contributed by atoms with Gasteiger partial charge in [0, 0.05) is 17.3 Å². The number of nitriles is 1. The Labute approximate surface area is 164 Å². The maximum atomic E-state index is 9.14. The summed E-state index contributed by atoms with van der Waals surface area (Å²) in [6.45, 7) is 9.98. The maximum absolute atomic E-state index is 9.14. The van der Waals surface area contributed by atoms with E-state index in [4.69, 9.17) is 21.7 Å². The zero-order valence-corrected chi connectivity index (χ0v) is 15.7. The second kappa shape index (κ2) is 9.21. The van der Waals surface area contributed by atoms with Crippen LogP contribution in [0.4, 0.5) is 0 Å². The summed E-state index contributed by atoms with van der Waals surface area (Å²) in [5.74, 6) is 0.815. The first-order chi connectivity index (χ1) is 13.7. The Morgan fingerprint density at radius 1 is 1.21 bits per heavy atom. The number of unbranched alkanes of at least 4 members (excludes halogenated alkanes) is 1. The van der Waals surface area contributed by atoms with Crippen molar-refractivity contribution in [3.05, 3.63) is 83.5 Å². The molecule has 0 amide bonds. The molecule has 1 heterocycles. The van der Waals surface area contributed by atoms with Gasteiger partial charge in [0.25, 0.3) is 5.70 Å². The fourth-order valence-corrected chi connectivity index (χ4v) is 2.71. The van der Waals surface area contributed by atoms with E-state index in [1.165, 1.54) is 0 Å². The molecule has 0 N–H and O–H groups in total.